The maximum absolute atomic E-state index is 11.1. The fourth-order valence-corrected chi connectivity index (χ4v) is 2.97. The van der Waals surface area contributed by atoms with Crippen LogP contribution in [0.3, 0.4) is 0 Å². The molecule has 0 fully saturated rings. The Kier molecular flexibility index (Phi) is 3.28. The summed E-state index contributed by atoms with van der Waals surface area (Å²) in [5.41, 5.74) is 0.747. The highest BCUT2D eigenvalue weighted by atomic mass is 79.9. The minimum Gasteiger partial charge on any atom is -0.477 e. The number of hydrogen-bond donors (Lipinski definition) is 1. The predicted molar refractivity (Wildman–Crippen MR) is 67.2 cm³/mol. The molecule has 0 saturated heterocycles. The van der Waals surface area contributed by atoms with E-state index in [2.05, 4.69) is 15.9 Å². The lowest BCUT2D eigenvalue weighted by Crippen LogP contribution is -1.98. The molecule has 0 radical (unpaired) electrons. The molecular weight excluding hydrogens is 292 g/mol. The third-order valence-corrected chi connectivity index (χ3v) is 3.93. The topological polar surface area (TPSA) is 46.5 Å². The number of carbonyl (C=O) groups is 1. The van der Waals surface area contributed by atoms with Crippen LogP contribution < -0.4 is 0 Å². The van der Waals surface area contributed by atoms with E-state index >= 15 is 0 Å². The lowest BCUT2D eigenvalue weighted by atomic mass is 10.1. The number of aromatic carboxylic acids is 1. The zero-order valence-corrected chi connectivity index (χ0v) is 10.9. The first-order valence-corrected chi connectivity index (χ1v) is 6.17. The van der Waals surface area contributed by atoms with Gasteiger partial charge in [-0.3, -0.25) is 0 Å². The van der Waals surface area contributed by atoms with Crippen LogP contribution in [-0.2, 0) is 11.3 Å². The molecule has 0 atom stereocenters. The van der Waals surface area contributed by atoms with Crippen LogP contribution in [0, 0.1) is 0 Å². The Labute approximate surface area is 105 Å². The van der Waals surface area contributed by atoms with Gasteiger partial charge in [0, 0.05) is 21.8 Å². The van der Waals surface area contributed by atoms with Crippen molar-refractivity contribution < 1.29 is 14.6 Å². The molecule has 2 aromatic rings. The fraction of sp³-hybridized carbons (Fsp3) is 0.182. The molecule has 1 aromatic carbocycles. The number of rotatable bonds is 3. The monoisotopic (exact) mass is 300 g/mol. The van der Waals surface area contributed by atoms with Crippen molar-refractivity contribution in [3.8, 4) is 0 Å². The summed E-state index contributed by atoms with van der Waals surface area (Å²) in [4.78, 5) is 11.5. The molecular formula is C11H9BrO3S. The van der Waals surface area contributed by atoms with Crippen LogP contribution in [0.4, 0.5) is 0 Å². The summed E-state index contributed by atoms with van der Waals surface area (Å²) in [5, 5.41) is 10.0. The smallest absolute Gasteiger partial charge is 0.346 e. The third-order valence-electron chi connectivity index (χ3n) is 2.24. The Bertz CT molecular complexity index is 547. The number of hydrogen-bond acceptors (Lipinski definition) is 3. The van der Waals surface area contributed by atoms with E-state index in [1.54, 1.807) is 7.11 Å². The van der Waals surface area contributed by atoms with Gasteiger partial charge in [-0.1, -0.05) is 15.9 Å². The van der Waals surface area contributed by atoms with Gasteiger partial charge in [-0.05, 0) is 23.6 Å². The zero-order valence-electron chi connectivity index (χ0n) is 8.49. The third kappa shape index (κ3) is 1.98. The Morgan fingerprint density at radius 2 is 2.31 bits per heavy atom. The summed E-state index contributed by atoms with van der Waals surface area (Å²) < 4.78 is 6.96. The highest BCUT2D eigenvalue weighted by Gasteiger charge is 2.17. The van der Waals surface area contributed by atoms with Crippen LogP contribution in [0.15, 0.2) is 22.7 Å². The summed E-state index contributed by atoms with van der Waals surface area (Å²) in [6, 6.07) is 5.74. The normalized spacial score (nSPS) is 10.9. The minimum absolute atomic E-state index is 0.318. The molecule has 84 valence electrons. The van der Waals surface area contributed by atoms with E-state index in [-0.39, 0.29) is 0 Å². The average molecular weight is 301 g/mol. The summed E-state index contributed by atoms with van der Waals surface area (Å²) in [6.45, 7) is 0.318. The Morgan fingerprint density at radius 1 is 1.56 bits per heavy atom. The van der Waals surface area contributed by atoms with E-state index in [4.69, 9.17) is 9.84 Å². The quantitative estimate of drug-likeness (QED) is 0.943. The molecule has 1 heterocycles. The van der Waals surface area contributed by atoms with Crippen molar-refractivity contribution in [2.45, 2.75) is 6.61 Å². The molecule has 3 nitrogen and oxygen atoms in total. The first-order chi connectivity index (χ1) is 7.63. The van der Waals surface area contributed by atoms with Crippen LogP contribution >= 0.6 is 27.3 Å². The largest absolute Gasteiger partial charge is 0.477 e. The number of fused-ring (bicyclic) bond motifs is 1. The maximum Gasteiger partial charge on any atom is 0.346 e. The van der Waals surface area contributed by atoms with Gasteiger partial charge in [0.25, 0.3) is 0 Å². The molecule has 5 heteroatoms. The highest BCUT2D eigenvalue weighted by Crippen LogP contribution is 2.33. The molecule has 0 bridgehead atoms. The van der Waals surface area contributed by atoms with Gasteiger partial charge in [0.1, 0.15) is 4.88 Å². The lowest BCUT2D eigenvalue weighted by molar-refractivity contribution is 0.0698. The van der Waals surface area contributed by atoms with Gasteiger partial charge in [-0.25, -0.2) is 4.79 Å². The van der Waals surface area contributed by atoms with Crippen molar-refractivity contribution in [3.63, 3.8) is 0 Å². The van der Waals surface area contributed by atoms with E-state index in [0.29, 0.717) is 11.5 Å². The molecule has 1 aromatic heterocycles. The predicted octanol–water partition coefficient (Wildman–Crippen LogP) is 3.51. The van der Waals surface area contributed by atoms with Gasteiger partial charge < -0.3 is 9.84 Å². The minimum atomic E-state index is -0.899. The van der Waals surface area contributed by atoms with Gasteiger partial charge in [-0.2, -0.15) is 0 Å². The zero-order chi connectivity index (χ0) is 11.7. The van der Waals surface area contributed by atoms with Gasteiger partial charge in [0.2, 0.25) is 0 Å². The van der Waals surface area contributed by atoms with Gasteiger partial charge >= 0.3 is 5.97 Å². The average Bonchev–Trinajstić information content (AvgIpc) is 2.58. The summed E-state index contributed by atoms with van der Waals surface area (Å²) >= 11 is 4.66. The Balaban J connectivity index is 2.71. The van der Waals surface area contributed by atoms with Crippen LogP contribution in [0.5, 0.6) is 0 Å². The van der Waals surface area contributed by atoms with E-state index in [1.165, 1.54) is 11.3 Å². The van der Waals surface area contributed by atoms with Crippen molar-refractivity contribution in [1.29, 1.82) is 0 Å². The van der Waals surface area contributed by atoms with Gasteiger partial charge in [0.05, 0.1) is 6.61 Å². The second-order valence-electron chi connectivity index (χ2n) is 3.29. The number of halogens is 1. The molecule has 0 saturated carbocycles. The molecule has 0 aliphatic heterocycles. The van der Waals surface area contributed by atoms with Crippen LogP contribution in [-0.4, -0.2) is 18.2 Å². The fourth-order valence-electron chi connectivity index (χ4n) is 1.58. The van der Waals surface area contributed by atoms with Gasteiger partial charge in [-0.15, -0.1) is 11.3 Å². The van der Waals surface area contributed by atoms with Crippen LogP contribution in [0.1, 0.15) is 15.2 Å². The number of carboxylic acid groups (broad SMARTS) is 1. The molecule has 0 amide bonds. The number of benzene rings is 1. The van der Waals surface area contributed by atoms with Crippen molar-refractivity contribution in [1.82, 2.24) is 0 Å². The van der Waals surface area contributed by atoms with E-state index in [0.717, 1.165) is 20.1 Å². The maximum atomic E-state index is 11.1. The molecule has 0 unspecified atom stereocenters. The van der Waals surface area contributed by atoms with Crippen LogP contribution in [0.2, 0.25) is 0 Å². The highest BCUT2D eigenvalue weighted by molar-refractivity contribution is 9.10. The second kappa shape index (κ2) is 4.53. The van der Waals surface area contributed by atoms with Crippen molar-refractivity contribution in [2.24, 2.45) is 0 Å². The number of methoxy groups -OCH3 is 1. The Hall–Kier alpha value is -0.910. The molecule has 16 heavy (non-hydrogen) atoms. The first-order valence-electron chi connectivity index (χ1n) is 4.56. The number of ether oxygens (including phenoxy) is 1. The first kappa shape index (κ1) is 11.6. The van der Waals surface area contributed by atoms with Crippen molar-refractivity contribution in [2.75, 3.05) is 7.11 Å². The summed E-state index contributed by atoms with van der Waals surface area (Å²) in [6.07, 6.45) is 0. The lowest BCUT2D eigenvalue weighted by Gasteiger charge is -2.00. The summed E-state index contributed by atoms with van der Waals surface area (Å²) in [5.74, 6) is -0.899. The molecule has 0 aliphatic carbocycles. The van der Waals surface area contributed by atoms with Gasteiger partial charge in [0.15, 0.2) is 0 Å². The molecule has 2 rings (SSSR count). The number of thiophene rings is 1. The van der Waals surface area contributed by atoms with Crippen molar-refractivity contribution >= 4 is 43.3 Å². The van der Waals surface area contributed by atoms with E-state index in [1.807, 2.05) is 18.2 Å². The second-order valence-corrected chi connectivity index (χ2v) is 5.26. The summed E-state index contributed by atoms with van der Waals surface area (Å²) in [7, 11) is 1.56. The molecule has 0 aliphatic rings. The Morgan fingerprint density at radius 3 is 2.94 bits per heavy atom. The number of carboxylic acids is 1. The van der Waals surface area contributed by atoms with Crippen molar-refractivity contribution in [3.05, 3.63) is 33.1 Å². The SMILES string of the molecule is COCc1c(C(=O)O)sc2ccc(Br)cc12. The van der Waals surface area contributed by atoms with Crippen LogP contribution in [0.25, 0.3) is 10.1 Å². The van der Waals surface area contributed by atoms with E-state index in [9.17, 15) is 4.79 Å². The standard InChI is InChI=1S/C11H9BrO3S/c1-15-5-8-7-4-6(12)2-3-9(7)16-10(8)11(13)14/h2-4H,5H2,1H3,(H,13,14). The molecule has 1 N–H and O–H groups in total. The van der Waals surface area contributed by atoms with E-state index < -0.39 is 5.97 Å². The molecule has 0 spiro atoms.